The van der Waals surface area contributed by atoms with Gasteiger partial charge in [-0.15, -0.1) is 0 Å². The highest BCUT2D eigenvalue weighted by atomic mass is 19.1. The number of benzene rings is 1. The summed E-state index contributed by atoms with van der Waals surface area (Å²) in [7, 11) is 0. The molecule has 5 heteroatoms. The first-order valence-electron chi connectivity index (χ1n) is 5.49. The summed E-state index contributed by atoms with van der Waals surface area (Å²) in [5, 5.41) is 11.1. The van der Waals surface area contributed by atoms with Gasteiger partial charge in [0.05, 0.1) is 0 Å². The number of hydrogen-bond acceptors (Lipinski definition) is 3. The number of hydrogen-bond donors (Lipinski definition) is 2. The predicted octanol–water partition coefficient (Wildman–Crippen LogP) is 1.09. The largest absolute Gasteiger partial charge is 0.481 e. The van der Waals surface area contributed by atoms with E-state index >= 15 is 0 Å². The van der Waals surface area contributed by atoms with Gasteiger partial charge < -0.3 is 15.2 Å². The van der Waals surface area contributed by atoms with Crippen LogP contribution in [0.2, 0.25) is 0 Å². The molecule has 2 N–H and O–H groups in total. The van der Waals surface area contributed by atoms with Gasteiger partial charge in [-0.05, 0) is 25.0 Å². The van der Waals surface area contributed by atoms with Crippen molar-refractivity contribution >= 4 is 5.91 Å². The number of carbonyl (C=O) groups excluding carboxylic acids is 1. The molecule has 0 bridgehead atoms. The molecule has 4 nitrogen and oxygen atoms in total. The van der Waals surface area contributed by atoms with E-state index in [-0.39, 0.29) is 24.9 Å². The molecule has 1 aromatic rings. The van der Waals surface area contributed by atoms with Crippen molar-refractivity contribution in [3.8, 4) is 5.75 Å². The van der Waals surface area contributed by atoms with Crippen molar-refractivity contribution in [1.82, 2.24) is 5.32 Å². The molecular weight excluding hydrogens is 225 g/mol. The Balaban J connectivity index is 2.22. The Morgan fingerprint density at radius 3 is 2.82 bits per heavy atom. The second kappa shape index (κ2) is 7.62. The van der Waals surface area contributed by atoms with Gasteiger partial charge in [0.1, 0.15) is 0 Å². The van der Waals surface area contributed by atoms with Crippen LogP contribution in [0.1, 0.15) is 12.8 Å². The molecule has 0 heterocycles. The van der Waals surface area contributed by atoms with E-state index in [1.165, 1.54) is 12.1 Å². The molecular formula is C12H16FNO3. The fraction of sp³-hybridized carbons (Fsp3) is 0.417. The zero-order valence-corrected chi connectivity index (χ0v) is 9.49. The van der Waals surface area contributed by atoms with Crippen molar-refractivity contribution in [2.75, 3.05) is 19.8 Å². The Kier molecular flexibility index (Phi) is 6.03. The molecule has 0 spiro atoms. The van der Waals surface area contributed by atoms with Gasteiger partial charge in [0, 0.05) is 13.2 Å². The molecule has 1 amide bonds. The lowest BCUT2D eigenvalue weighted by atomic mass is 10.3. The number of carbonyl (C=O) groups is 1. The summed E-state index contributed by atoms with van der Waals surface area (Å²) in [6.45, 7) is 0.391. The molecule has 1 rings (SSSR count). The summed E-state index contributed by atoms with van der Waals surface area (Å²) in [6.07, 6.45) is 1.36. The number of aliphatic hydroxyl groups excluding tert-OH is 1. The minimum absolute atomic E-state index is 0.0676. The van der Waals surface area contributed by atoms with Gasteiger partial charge in [-0.25, -0.2) is 4.39 Å². The van der Waals surface area contributed by atoms with Gasteiger partial charge in [-0.1, -0.05) is 12.1 Å². The van der Waals surface area contributed by atoms with Crippen LogP contribution in [0.25, 0.3) is 0 Å². The number of rotatable bonds is 7. The molecule has 0 saturated carbocycles. The van der Waals surface area contributed by atoms with E-state index in [2.05, 4.69) is 5.32 Å². The van der Waals surface area contributed by atoms with E-state index in [0.29, 0.717) is 19.4 Å². The quantitative estimate of drug-likeness (QED) is 0.703. The molecule has 0 aromatic heterocycles. The zero-order chi connectivity index (χ0) is 12.5. The Morgan fingerprint density at radius 2 is 2.12 bits per heavy atom. The van der Waals surface area contributed by atoms with Gasteiger partial charge in [0.2, 0.25) is 0 Å². The molecule has 0 aliphatic rings. The Bertz CT molecular complexity index is 357. The predicted molar refractivity (Wildman–Crippen MR) is 61.2 cm³/mol. The van der Waals surface area contributed by atoms with Crippen molar-refractivity contribution in [3.63, 3.8) is 0 Å². The van der Waals surface area contributed by atoms with Crippen LogP contribution in [0.15, 0.2) is 24.3 Å². The minimum Gasteiger partial charge on any atom is -0.481 e. The Hall–Kier alpha value is -1.62. The number of ether oxygens (including phenoxy) is 1. The third-order valence-corrected chi connectivity index (χ3v) is 2.10. The van der Waals surface area contributed by atoms with E-state index in [0.717, 1.165) is 0 Å². The second-order valence-electron chi connectivity index (χ2n) is 3.50. The maximum atomic E-state index is 13.1. The van der Waals surface area contributed by atoms with Gasteiger partial charge in [-0.2, -0.15) is 0 Å². The maximum Gasteiger partial charge on any atom is 0.257 e. The molecule has 0 fully saturated rings. The lowest BCUT2D eigenvalue weighted by Crippen LogP contribution is -2.29. The molecule has 0 saturated heterocycles. The molecule has 94 valence electrons. The number of halogens is 1. The highest BCUT2D eigenvalue weighted by Crippen LogP contribution is 2.14. The smallest absolute Gasteiger partial charge is 0.257 e. The molecule has 17 heavy (non-hydrogen) atoms. The molecule has 0 unspecified atom stereocenters. The Labute approximate surface area is 99.4 Å². The monoisotopic (exact) mass is 241 g/mol. The normalized spacial score (nSPS) is 10.0. The summed E-state index contributed by atoms with van der Waals surface area (Å²) in [5.74, 6) is -0.718. The number of para-hydroxylation sites is 1. The maximum absolute atomic E-state index is 13.1. The lowest BCUT2D eigenvalue weighted by Gasteiger charge is -2.07. The first-order chi connectivity index (χ1) is 8.24. The van der Waals surface area contributed by atoms with Crippen LogP contribution < -0.4 is 10.1 Å². The van der Waals surface area contributed by atoms with E-state index in [1.807, 2.05) is 0 Å². The first kappa shape index (κ1) is 13.4. The van der Waals surface area contributed by atoms with Crippen molar-refractivity contribution in [2.45, 2.75) is 12.8 Å². The molecule has 0 atom stereocenters. The van der Waals surface area contributed by atoms with Crippen LogP contribution in [-0.2, 0) is 4.79 Å². The second-order valence-corrected chi connectivity index (χ2v) is 3.50. The third kappa shape index (κ3) is 5.31. The zero-order valence-electron chi connectivity index (χ0n) is 9.49. The van der Waals surface area contributed by atoms with Crippen molar-refractivity contribution in [1.29, 1.82) is 0 Å². The minimum atomic E-state index is -0.486. The Morgan fingerprint density at radius 1 is 1.35 bits per heavy atom. The summed E-state index contributed by atoms with van der Waals surface area (Å²) >= 11 is 0. The van der Waals surface area contributed by atoms with Gasteiger partial charge >= 0.3 is 0 Å². The molecule has 0 aliphatic heterocycles. The SMILES string of the molecule is O=C(COc1ccccc1F)NCCCCO. The summed E-state index contributed by atoms with van der Waals surface area (Å²) in [5.41, 5.74) is 0. The first-order valence-corrected chi connectivity index (χ1v) is 5.49. The van der Waals surface area contributed by atoms with Crippen LogP contribution in [0, 0.1) is 5.82 Å². The average molecular weight is 241 g/mol. The number of unbranched alkanes of at least 4 members (excludes halogenated alkanes) is 1. The lowest BCUT2D eigenvalue weighted by molar-refractivity contribution is -0.123. The third-order valence-electron chi connectivity index (χ3n) is 2.10. The number of nitrogens with one attached hydrogen (secondary N) is 1. The van der Waals surface area contributed by atoms with Gasteiger partial charge in [0.15, 0.2) is 18.2 Å². The average Bonchev–Trinajstić information content (AvgIpc) is 2.34. The van der Waals surface area contributed by atoms with E-state index in [1.54, 1.807) is 12.1 Å². The highest BCUT2D eigenvalue weighted by molar-refractivity contribution is 5.77. The van der Waals surface area contributed by atoms with Gasteiger partial charge in [-0.3, -0.25) is 4.79 Å². The standard InChI is InChI=1S/C12H16FNO3/c13-10-5-1-2-6-11(10)17-9-12(16)14-7-3-4-8-15/h1-2,5-6,15H,3-4,7-9H2,(H,14,16). The summed E-state index contributed by atoms with van der Waals surface area (Å²) < 4.78 is 18.1. The molecule has 1 aromatic carbocycles. The summed E-state index contributed by atoms with van der Waals surface area (Å²) in [6, 6.07) is 5.93. The molecule has 0 aliphatic carbocycles. The van der Waals surface area contributed by atoms with E-state index in [9.17, 15) is 9.18 Å². The van der Waals surface area contributed by atoms with E-state index in [4.69, 9.17) is 9.84 Å². The number of amides is 1. The van der Waals surface area contributed by atoms with E-state index < -0.39 is 5.82 Å². The van der Waals surface area contributed by atoms with Crippen LogP contribution in [0.5, 0.6) is 5.75 Å². The number of aliphatic hydroxyl groups is 1. The van der Waals surface area contributed by atoms with Crippen molar-refractivity contribution < 1.29 is 19.0 Å². The van der Waals surface area contributed by atoms with Crippen molar-refractivity contribution in [2.24, 2.45) is 0 Å². The van der Waals surface area contributed by atoms with Crippen LogP contribution in [0.4, 0.5) is 4.39 Å². The van der Waals surface area contributed by atoms with Crippen molar-refractivity contribution in [3.05, 3.63) is 30.1 Å². The van der Waals surface area contributed by atoms with Crippen LogP contribution in [-0.4, -0.2) is 30.8 Å². The summed E-state index contributed by atoms with van der Waals surface area (Å²) in [4.78, 5) is 11.3. The fourth-order valence-corrected chi connectivity index (χ4v) is 1.22. The van der Waals surface area contributed by atoms with Crippen LogP contribution >= 0.6 is 0 Å². The molecule has 0 radical (unpaired) electrons. The topological polar surface area (TPSA) is 58.6 Å². The fourth-order valence-electron chi connectivity index (χ4n) is 1.22. The van der Waals surface area contributed by atoms with Crippen LogP contribution in [0.3, 0.4) is 0 Å². The highest BCUT2D eigenvalue weighted by Gasteiger charge is 2.05. The van der Waals surface area contributed by atoms with Gasteiger partial charge in [0.25, 0.3) is 5.91 Å².